The Hall–Kier alpha value is -0.790. The van der Waals surface area contributed by atoms with Crippen molar-refractivity contribution in [3.63, 3.8) is 0 Å². The molecule has 0 aliphatic heterocycles. The van der Waals surface area contributed by atoms with Crippen LogP contribution in [0.2, 0.25) is 0 Å². The first kappa shape index (κ1) is 14.2. The molecular formula is C13H25NO. The number of nitrogens with one attached hydrogen (secondary N) is 1. The summed E-state index contributed by atoms with van der Waals surface area (Å²) in [5, 5.41) is 2.88. The van der Waals surface area contributed by atoms with E-state index in [0.717, 1.165) is 6.42 Å². The van der Waals surface area contributed by atoms with Crippen molar-refractivity contribution in [2.24, 2.45) is 17.3 Å². The van der Waals surface area contributed by atoms with Gasteiger partial charge in [-0.1, -0.05) is 40.7 Å². The minimum Gasteiger partial charge on any atom is -0.352 e. The fourth-order valence-electron chi connectivity index (χ4n) is 1.59. The molecule has 1 atom stereocenters. The smallest absolute Gasteiger partial charge is 0.223 e. The SMILES string of the molecule is C=CCNC(=O)C(CC(C)(C)C)C(C)C. The highest BCUT2D eigenvalue weighted by Crippen LogP contribution is 2.28. The molecule has 1 amide bonds. The van der Waals surface area contributed by atoms with Gasteiger partial charge < -0.3 is 5.32 Å². The molecule has 15 heavy (non-hydrogen) atoms. The molecule has 2 heteroatoms. The molecule has 0 aromatic carbocycles. The second kappa shape index (κ2) is 5.94. The van der Waals surface area contributed by atoms with Crippen molar-refractivity contribution in [1.29, 1.82) is 0 Å². The Morgan fingerprint density at radius 2 is 1.93 bits per heavy atom. The standard InChI is InChI=1S/C13H25NO/c1-7-8-14-12(15)11(10(2)3)9-13(4,5)6/h7,10-11H,1,8-9H2,2-6H3,(H,14,15). The molecule has 0 spiro atoms. The largest absolute Gasteiger partial charge is 0.352 e. The van der Waals surface area contributed by atoms with Gasteiger partial charge in [-0.05, 0) is 17.8 Å². The average molecular weight is 211 g/mol. The van der Waals surface area contributed by atoms with Crippen molar-refractivity contribution < 1.29 is 4.79 Å². The molecule has 0 heterocycles. The summed E-state index contributed by atoms with van der Waals surface area (Å²) in [5.41, 5.74) is 0.195. The number of carbonyl (C=O) groups is 1. The fraction of sp³-hybridized carbons (Fsp3) is 0.769. The van der Waals surface area contributed by atoms with Crippen LogP contribution in [0.3, 0.4) is 0 Å². The molecule has 0 saturated heterocycles. The van der Waals surface area contributed by atoms with Crippen molar-refractivity contribution >= 4 is 5.91 Å². The monoisotopic (exact) mass is 211 g/mol. The summed E-state index contributed by atoms with van der Waals surface area (Å²) in [6.07, 6.45) is 2.64. The number of carbonyl (C=O) groups excluding carboxylic acids is 1. The maximum Gasteiger partial charge on any atom is 0.223 e. The van der Waals surface area contributed by atoms with Gasteiger partial charge in [-0.3, -0.25) is 4.79 Å². The van der Waals surface area contributed by atoms with E-state index in [4.69, 9.17) is 0 Å². The van der Waals surface area contributed by atoms with E-state index in [2.05, 4.69) is 46.5 Å². The molecule has 0 aromatic heterocycles. The van der Waals surface area contributed by atoms with E-state index in [1.54, 1.807) is 6.08 Å². The van der Waals surface area contributed by atoms with Crippen LogP contribution in [0, 0.1) is 17.3 Å². The number of hydrogen-bond donors (Lipinski definition) is 1. The molecule has 0 radical (unpaired) electrons. The van der Waals surface area contributed by atoms with Gasteiger partial charge >= 0.3 is 0 Å². The third-order valence-corrected chi connectivity index (χ3v) is 2.39. The van der Waals surface area contributed by atoms with Gasteiger partial charge in [-0.15, -0.1) is 6.58 Å². The van der Waals surface area contributed by atoms with Crippen molar-refractivity contribution in [3.05, 3.63) is 12.7 Å². The quantitative estimate of drug-likeness (QED) is 0.696. The van der Waals surface area contributed by atoms with E-state index in [0.29, 0.717) is 12.5 Å². The fourth-order valence-corrected chi connectivity index (χ4v) is 1.59. The zero-order valence-corrected chi connectivity index (χ0v) is 10.8. The summed E-state index contributed by atoms with van der Waals surface area (Å²) in [6, 6.07) is 0. The van der Waals surface area contributed by atoms with Gasteiger partial charge in [0.15, 0.2) is 0 Å². The first-order valence-electron chi connectivity index (χ1n) is 5.66. The summed E-state index contributed by atoms with van der Waals surface area (Å²) in [5.74, 6) is 0.638. The molecular weight excluding hydrogens is 186 g/mol. The minimum absolute atomic E-state index is 0.102. The zero-order valence-electron chi connectivity index (χ0n) is 10.8. The summed E-state index contributed by atoms with van der Waals surface area (Å²) < 4.78 is 0. The van der Waals surface area contributed by atoms with Crippen molar-refractivity contribution in [1.82, 2.24) is 5.32 Å². The summed E-state index contributed by atoms with van der Waals surface area (Å²) in [6.45, 7) is 14.9. The van der Waals surface area contributed by atoms with Crippen LogP contribution in [-0.4, -0.2) is 12.5 Å². The summed E-state index contributed by atoms with van der Waals surface area (Å²) in [4.78, 5) is 11.9. The molecule has 0 fully saturated rings. The van der Waals surface area contributed by atoms with Crippen LogP contribution >= 0.6 is 0 Å². The van der Waals surface area contributed by atoms with E-state index in [9.17, 15) is 4.79 Å². The molecule has 0 aliphatic rings. The topological polar surface area (TPSA) is 29.1 Å². The van der Waals surface area contributed by atoms with Gasteiger partial charge in [0, 0.05) is 12.5 Å². The molecule has 0 aromatic rings. The van der Waals surface area contributed by atoms with E-state index in [-0.39, 0.29) is 17.2 Å². The molecule has 1 unspecified atom stereocenters. The third kappa shape index (κ3) is 6.32. The van der Waals surface area contributed by atoms with Crippen LogP contribution in [-0.2, 0) is 4.79 Å². The lowest BCUT2D eigenvalue weighted by Gasteiger charge is -2.27. The number of rotatable bonds is 5. The average Bonchev–Trinajstić information content (AvgIpc) is 2.08. The minimum atomic E-state index is 0.102. The van der Waals surface area contributed by atoms with Crippen molar-refractivity contribution in [2.45, 2.75) is 41.0 Å². The third-order valence-electron chi connectivity index (χ3n) is 2.39. The lowest BCUT2D eigenvalue weighted by Crippen LogP contribution is -2.35. The zero-order chi connectivity index (χ0) is 12.1. The Balaban J connectivity index is 4.39. The first-order valence-corrected chi connectivity index (χ1v) is 5.66. The summed E-state index contributed by atoms with van der Waals surface area (Å²) >= 11 is 0. The Bertz CT molecular complexity index is 213. The Kier molecular flexibility index (Phi) is 5.63. The van der Waals surface area contributed by atoms with E-state index >= 15 is 0 Å². The number of amides is 1. The van der Waals surface area contributed by atoms with Crippen LogP contribution < -0.4 is 5.32 Å². The second-order valence-electron chi connectivity index (χ2n) is 5.65. The Morgan fingerprint density at radius 3 is 2.27 bits per heavy atom. The first-order chi connectivity index (χ1) is 6.78. The van der Waals surface area contributed by atoms with Gasteiger partial charge in [0.2, 0.25) is 5.91 Å². The highest BCUT2D eigenvalue weighted by Gasteiger charge is 2.26. The Morgan fingerprint density at radius 1 is 1.40 bits per heavy atom. The predicted octanol–water partition coefficient (Wildman–Crippen LogP) is 3.00. The molecule has 0 aliphatic carbocycles. The van der Waals surface area contributed by atoms with Gasteiger partial charge in [0.25, 0.3) is 0 Å². The van der Waals surface area contributed by atoms with Gasteiger partial charge in [-0.2, -0.15) is 0 Å². The van der Waals surface area contributed by atoms with Crippen LogP contribution in [0.4, 0.5) is 0 Å². The van der Waals surface area contributed by atoms with Crippen molar-refractivity contribution in [2.75, 3.05) is 6.54 Å². The molecule has 0 bridgehead atoms. The predicted molar refractivity (Wildman–Crippen MR) is 65.6 cm³/mol. The molecule has 0 rings (SSSR count). The number of hydrogen-bond acceptors (Lipinski definition) is 1. The second-order valence-corrected chi connectivity index (χ2v) is 5.65. The lowest BCUT2D eigenvalue weighted by molar-refractivity contribution is -0.127. The van der Waals surface area contributed by atoms with Gasteiger partial charge in [-0.25, -0.2) is 0 Å². The Labute approximate surface area is 94.1 Å². The van der Waals surface area contributed by atoms with E-state index in [1.807, 2.05) is 0 Å². The highest BCUT2D eigenvalue weighted by atomic mass is 16.1. The molecule has 2 nitrogen and oxygen atoms in total. The van der Waals surface area contributed by atoms with Crippen LogP contribution in [0.5, 0.6) is 0 Å². The highest BCUT2D eigenvalue weighted by molar-refractivity contribution is 5.79. The maximum atomic E-state index is 11.9. The molecule has 0 saturated carbocycles. The normalized spacial score (nSPS) is 13.7. The lowest BCUT2D eigenvalue weighted by atomic mass is 9.79. The molecule has 88 valence electrons. The van der Waals surface area contributed by atoms with Crippen LogP contribution in [0.15, 0.2) is 12.7 Å². The summed E-state index contributed by atoms with van der Waals surface area (Å²) in [7, 11) is 0. The van der Waals surface area contributed by atoms with Crippen LogP contribution in [0.1, 0.15) is 41.0 Å². The maximum absolute atomic E-state index is 11.9. The van der Waals surface area contributed by atoms with Gasteiger partial charge in [0.1, 0.15) is 0 Å². The van der Waals surface area contributed by atoms with Crippen LogP contribution in [0.25, 0.3) is 0 Å². The van der Waals surface area contributed by atoms with E-state index in [1.165, 1.54) is 0 Å². The van der Waals surface area contributed by atoms with Gasteiger partial charge in [0.05, 0.1) is 0 Å². The molecule has 1 N–H and O–H groups in total. The van der Waals surface area contributed by atoms with E-state index < -0.39 is 0 Å². The van der Waals surface area contributed by atoms with Crippen molar-refractivity contribution in [3.8, 4) is 0 Å².